The molecule has 2 N–H and O–H groups in total. The van der Waals surface area contributed by atoms with Gasteiger partial charge < -0.3 is 20.3 Å². The van der Waals surface area contributed by atoms with Gasteiger partial charge in [0.15, 0.2) is 0 Å². The average Bonchev–Trinajstić information content (AvgIpc) is 2.76. The highest BCUT2D eigenvalue weighted by Gasteiger charge is 2.28. The second kappa shape index (κ2) is 5.50. The minimum absolute atomic E-state index is 0.0582. The van der Waals surface area contributed by atoms with Crippen LogP contribution >= 0.6 is 0 Å². The molecule has 2 aliphatic heterocycles. The number of carbonyl (C=O) groups excluding carboxylic acids is 1. The summed E-state index contributed by atoms with van der Waals surface area (Å²) in [6.45, 7) is 4.16. The molecule has 2 heterocycles. The molecular weight excluding hydrogens is 206 g/mol. The molecule has 2 unspecified atom stereocenters. The zero-order chi connectivity index (χ0) is 11.4. The molecule has 0 spiro atoms. The van der Waals surface area contributed by atoms with Crippen LogP contribution in [-0.4, -0.2) is 56.9 Å². The topological polar surface area (TPSA) is 53.6 Å². The molecule has 0 saturated carbocycles. The van der Waals surface area contributed by atoms with Gasteiger partial charge in [0, 0.05) is 38.7 Å². The number of urea groups is 1. The second-order valence-corrected chi connectivity index (χ2v) is 4.65. The Balaban J connectivity index is 1.82. The Morgan fingerprint density at radius 3 is 3.19 bits per heavy atom. The highest BCUT2D eigenvalue weighted by molar-refractivity contribution is 5.75. The molecule has 2 amide bonds. The van der Waals surface area contributed by atoms with Gasteiger partial charge in [0.1, 0.15) is 0 Å². The van der Waals surface area contributed by atoms with Gasteiger partial charge in [0.2, 0.25) is 0 Å². The SMILES string of the molecule is CNCC1CNC(=O)N(CC2CCCO2)C1. The van der Waals surface area contributed by atoms with Gasteiger partial charge in [0.05, 0.1) is 6.10 Å². The summed E-state index contributed by atoms with van der Waals surface area (Å²) in [5, 5.41) is 6.09. The Morgan fingerprint density at radius 1 is 1.62 bits per heavy atom. The summed E-state index contributed by atoms with van der Waals surface area (Å²) in [6.07, 6.45) is 2.46. The third-order valence-electron chi connectivity index (χ3n) is 3.25. The first-order chi connectivity index (χ1) is 7.79. The Morgan fingerprint density at radius 2 is 2.50 bits per heavy atom. The van der Waals surface area contributed by atoms with Crippen molar-refractivity contribution in [3.05, 3.63) is 0 Å². The third-order valence-corrected chi connectivity index (χ3v) is 3.25. The molecule has 0 bridgehead atoms. The largest absolute Gasteiger partial charge is 0.376 e. The van der Waals surface area contributed by atoms with Crippen LogP contribution in [0.25, 0.3) is 0 Å². The number of hydrogen-bond acceptors (Lipinski definition) is 3. The molecule has 2 rings (SSSR count). The van der Waals surface area contributed by atoms with E-state index in [1.54, 1.807) is 0 Å². The van der Waals surface area contributed by atoms with Crippen LogP contribution in [-0.2, 0) is 4.74 Å². The van der Waals surface area contributed by atoms with Gasteiger partial charge in [-0.15, -0.1) is 0 Å². The first kappa shape index (κ1) is 11.7. The summed E-state index contributed by atoms with van der Waals surface area (Å²) in [4.78, 5) is 13.6. The molecule has 16 heavy (non-hydrogen) atoms. The van der Waals surface area contributed by atoms with E-state index in [0.717, 1.165) is 45.6 Å². The number of rotatable bonds is 4. The first-order valence-corrected chi connectivity index (χ1v) is 6.08. The lowest BCUT2D eigenvalue weighted by Crippen LogP contribution is -2.54. The molecule has 0 aliphatic carbocycles. The van der Waals surface area contributed by atoms with Crippen LogP contribution in [0.2, 0.25) is 0 Å². The number of ether oxygens (including phenoxy) is 1. The Labute approximate surface area is 96.5 Å². The molecule has 5 nitrogen and oxygen atoms in total. The van der Waals surface area contributed by atoms with Crippen LogP contribution in [0.1, 0.15) is 12.8 Å². The van der Waals surface area contributed by atoms with Crippen LogP contribution in [0.3, 0.4) is 0 Å². The molecule has 0 aromatic carbocycles. The highest BCUT2D eigenvalue weighted by Crippen LogP contribution is 2.15. The fourth-order valence-corrected chi connectivity index (χ4v) is 2.42. The summed E-state index contributed by atoms with van der Waals surface area (Å²) in [5.41, 5.74) is 0. The number of carbonyl (C=O) groups is 1. The molecule has 2 fully saturated rings. The number of amides is 2. The van der Waals surface area contributed by atoms with Crippen molar-refractivity contribution in [2.24, 2.45) is 5.92 Å². The second-order valence-electron chi connectivity index (χ2n) is 4.65. The van der Waals surface area contributed by atoms with Crippen LogP contribution in [0, 0.1) is 5.92 Å². The zero-order valence-electron chi connectivity index (χ0n) is 9.87. The number of hydrogen-bond donors (Lipinski definition) is 2. The lowest BCUT2D eigenvalue weighted by molar-refractivity contribution is 0.0717. The van der Waals surface area contributed by atoms with Crippen LogP contribution < -0.4 is 10.6 Å². The number of nitrogens with zero attached hydrogens (tertiary/aromatic N) is 1. The van der Waals surface area contributed by atoms with Crippen molar-refractivity contribution < 1.29 is 9.53 Å². The molecule has 0 aromatic rings. The molecule has 2 atom stereocenters. The van der Waals surface area contributed by atoms with Crippen molar-refractivity contribution in [3.8, 4) is 0 Å². The van der Waals surface area contributed by atoms with Crippen LogP contribution in [0.15, 0.2) is 0 Å². The summed E-state index contributed by atoms with van der Waals surface area (Å²) >= 11 is 0. The van der Waals surface area contributed by atoms with Crippen molar-refractivity contribution in [2.45, 2.75) is 18.9 Å². The Kier molecular flexibility index (Phi) is 4.01. The lowest BCUT2D eigenvalue weighted by Gasteiger charge is -2.34. The smallest absolute Gasteiger partial charge is 0.317 e. The first-order valence-electron chi connectivity index (χ1n) is 6.08. The third kappa shape index (κ3) is 2.86. The van der Waals surface area contributed by atoms with Gasteiger partial charge in [-0.2, -0.15) is 0 Å². The van der Waals surface area contributed by atoms with Crippen molar-refractivity contribution in [2.75, 3.05) is 39.8 Å². The quantitative estimate of drug-likeness (QED) is 0.712. The summed E-state index contributed by atoms with van der Waals surface area (Å²) < 4.78 is 5.56. The van der Waals surface area contributed by atoms with Gasteiger partial charge in [-0.3, -0.25) is 0 Å². The standard InChI is InChI=1S/C11H21N3O2/c1-12-5-9-6-13-11(15)14(7-9)8-10-3-2-4-16-10/h9-10,12H,2-8H2,1H3,(H,13,15). The lowest BCUT2D eigenvalue weighted by atomic mass is 10.1. The molecule has 2 aliphatic rings. The minimum atomic E-state index is 0.0582. The van der Waals surface area contributed by atoms with Gasteiger partial charge in [-0.1, -0.05) is 0 Å². The van der Waals surface area contributed by atoms with Crippen molar-refractivity contribution in [1.29, 1.82) is 0 Å². The maximum absolute atomic E-state index is 11.7. The van der Waals surface area contributed by atoms with Gasteiger partial charge in [-0.25, -0.2) is 4.79 Å². The van der Waals surface area contributed by atoms with Gasteiger partial charge in [0.25, 0.3) is 0 Å². The zero-order valence-corrected chi connectivity index (χ0v) is 9.87. The fourth-order valence-electron chi connectivity index (χ4n) is 2.42. The van der Waals surface area contributed by atoms with E-state index in [1.807, 2.05) is 11.9 Å². The van der Waals surface area contributed by atoms with E-state index < -0.39 is 0 Å². The number of nitrogens with one attached hydrogen (secondary N) is 2. The van der Waals surface area contributed by atoms with Crippen molar-refractivity contribution in [1.82, 2.24) is 15.5 Å². The maximum Gasteiger partial charge on any atom is 0.317 e. The highest BCUT2D eigenvalue weighted by atomic mass is 16.5. The molecule has 92 valence electrons. The van der Waals surface area contributed by atoms with Crippen molar-refractivity contribution >= 4 is 6.03 Å². The van der Waals surface area contributed by atoms with E-state index in [-0.39, 0.29) is 12.1 Å². The van der Waals surface area contributed by atoms with Crippen LogP contribution in [0.5, 0.6) is 0 Å². The van der Waals surface area contributed by atoms with E-state index in [0.29, 0.717) is 5.92 Å². The Hall–Kier alpha value is -0.810. The van der Waals surface area contributed by atoms with Gasteiger partial charge in [-0.05, 0) is 19.9 Å². The minimum Gasteiger partial charge on any atom is -0.376 e. The van der Waals surface area contributed by atoms with E-state index in [9.17, 15) is 4.79 Å². The van der Waals surface area contributed by atoms with Gasteiger partial charge >= 0.3 is 6.03 Å². The summed E-state index contributed by atoms with van der Waals surface area (Å²) in [5.74, 6) is 0.504. The monoisotopic (exact) mass is 227 g/mol. The predicted molar refractivity (Wildman–Crippen MR) is 61.4 cm³/mol. The normalized spacial score (nSPS) is 30.6. The Bertz CT molecular complexity index is 241. The predicted octanol–water partition coefficient (Wildman–Crippen LogP) is 0.0262. The molecular formula is C11H21N3O2. The van der Waals surface area contributed by atoms with E-state index in [2.05, 4.69) is 10.6 Å². The molecule has 2 saturated heterocycles. The summed E-state index contributed by atoms with van der Waals surface area (Å²) in [6, 6.07) is 0.0582. The van der Waals surface area contributed by atoms with E-state index >= 15 is 0 Å². The molecule has 0 radical (unpaired) electrons. The van der Waals surface area contributed by atoms with Crippen LogP contribution in [0.4, 0.5) is 4.79 Å². The maximum atomic E-state index is 11.7. The molecule has 0 aromatic heterocycles. The summed E-state index contributed by atoms with van der Waals surface area (Å²) in [7, 11) is 1.95. The van der Waals surface area contributed by atoms with E-state index in [4.69, 9.17) is 4.74 Å². The molecule has 5 heteroatoms. The fraction of sp³-hybridized carbons (Fsp3) is 0.909. The van der Waals surface area contributed by atoms with E-state index in [1.165, 1.54) is 0 Å². The van der Waals surface area contributed by atoms with Crippen molar-refractivity contribution in [3.63, 3.8) is 0 Å². The average molecular weight is 227 g/mol.